The van der Waals surface area contributed by atoms with Crippen molar-refractivity contribution in [2.75, 3.05) is 13.2 Å². The molecule has 0 unspecified atom stereocenters. The predicted octanol–water partition coefficient (Wildman–Crippen LogP) is 1.03. The molecule has 3 N–H and O–H groups in total. The molecule has 1 heterocycles. The van der Waals surface area contributed by atoms with Gasteiger partial charge in [-0.25, -0.2) is 0 Å². The van der Waals surface area contributed by atoms with Crippen molar-refractivity contribution in [3.8, 4) is 0 Å². The second-order valence-electron chi connectivity index (χ2n) is 3.68. The third kappa shape index (κ3) is 2.59. The van der Waals surface area contributed by atoms with Gasteiger partial charge in [-0.15, -0.1) is 12.4 Å². The molecule has 1 fully saturated rings. The van der Waals surface area contributed by atoms with Crippen LogP contribution in [-0.4, -0.2) is 29.8 Å². The van der Waals surface area contributed by atoms with Crippen molar-refractivity contribution in [3.05, 3.63) is 0 Å². The summed E-state index contributed by atoms with van der Waals surface area (Å²) >= 11 is 0. The quantitative estimate of drug-likeness (QED) is 0.730. The molecule has 14 heavy (non-hydrogen) atoms. The molecule has 1 rings (SSSR count). The summed E-state index contributed by atoms with van der Waals surface area (Å²) in [6.45, 7) is 3.01. The molecule has 0 aromatic heterocycles. The highest BCUT2D eigenvalue weighted by Gasteiger charge is 2.45. The van der Waals surface area contributed by atoms with Crippen LogP contribution in [-0.2, 0) is 9.53 Å². The largest absolute Gasteiger partial charge is 0.480 e. The number of carboxylic acids is 1. The molecule has 0 aromatic carbocycles. The van der Waals surface area contributed by atoms with Crippen molar-refractivity contribution < 1.29 is 14.6 Å². The molecule has 0 saturated carbocycles. The number of aliphatic carboxylic acids is 1. The zero-order valence-electron chi connectivity index (χ0n) is 8.36. The first kappa shape index (κ1) is 13.7. The summed E-state index contributed by atoms with van der Waals surface area (Å²) in [5.41, 5.74) is 4.79. The molecular formula is C9H18ClNO3. The molecule has 0 aromatic rings. The standard InChI is InChI=1S/C9H17NO3.ClH/c1-2-3-4-9(10,8(11)12)7-5-13-6-7;/h7H,2-6,10H2,1H3,(H,11,12);1H/t9-;/m1./s1. The molecule has 0 amide bonds. The van der Waals surface area contributed by atoms with Gasteiger partial charge in [-0.1, -0.05) is 19.8 Å². The smallest absolute Gasteiger partial charge is 0.324 e. The minimum absolute atomic E-state index is 0. The number of ether oxygens (including phenoxy) is 1. The molecule has 1 aliphatic rings. The maximum absolute atomic E-state index is 11.0. The molecule has 0 radical (unpaired) electrons. The second-order valence-corrected chi connectivity index (χ2v) is 3.68. The van der Waals surface area contributed by atoms with Gasteiger partial charge in [-0.2, -0.15) is 0 Å². The van der Waals surface area contributed by atoms with Gasteiger partial charge in [0.05, 0.1) is 13.2 Å². The molecule has 0 spiro atoms. The topological polar surface area (TPSA) is 72.6 Å². The van der Waals surface area contributed by atoms with Crippen LogP contribution in [0.1, 0.15) is 26.2 Å². The van der Waals surface area contributed by atoms with E-state index in [-0.39, 0.29) is 18.3 Å². The van der Waals surface area contributed by atoms with E-state index in [1.165, 1.54) is 0 Å². The van der Waals surface area contributed by atoms with E-state index in [0.717, 1.165) is 12.8 Å². The normalized spacial score (nSPS) is 20.4. The molecule has 1 atom stereocenters. The Morgan fingerprint density at radius 2 is 2.21 bits per heavy atom. The highest BCUT2D eigenvalue weighted by Crippen LogP contribution is 2.27. The Kier molecular flexibility index (Phi) is 5.41. The third-order valence-corrected chi connectivity index (χ3v) is 2.71. The number of carbonyl (C=O) groups is 1. The Morgan fingerprint density at radius 1 is 1.64 bits per heavy atom. The minimum atomic E-state index is -1.06. The lowest BCUT2D eigenvalue weighted by molar-refractivity contribution is -0.156. The van der Waals surface area contributed by atoms with Gasteiger partial charge in [0.2, 0.25) is 0 Å². The summed E-state index contributed by atoms with van der Waals surface area (Å²) in [6.07, 6.45) is 2.38. The first-order valence-electron chi connectivity index (χ1n) is 4.71. The SMILES string of the molecule is CCCC[C@](N)(C(=O)O)C1COC1.Cl. The van der Waals surface area contributed by atoms with Gasteiger partial charge in [-0.3, -0.25) is 4.79 Å². The molecular weight excluding hydrogens is 206 g/mol. The molecule has 1 saturated heterocycles. The average Bonchev–Trinajstić information content (AvgIpc) is 1.97. The van der Waals surface area contributed by atoms with E-state index in [1.54, 1.807) is 0 Å². The number of halogens is 1. The fourth-order valence-electron chi connectivity index (χ4n) is 1.49. The highest BCUT2D eigenvalue weighted by atomic mass is 35.5. The maximum Gasteiger partial charge on any atom is 0.324 e. The van der Waals surface area contributed by atoms with Gasteiger partial charge >= 0.3 is 5.97 Å². The highest BCUT2D eigenvalue weighted by molar-refractivity contribution is 5.85. The van der Waals surface area contributed by atoms with E-state index in [4.69, 9.17) is 15.6 Å². The van der Waals surface area contributed by atoms with Crippen LogP contribution in [0.3, 0.4) is 0 Å². The van der Waals surface area contributed by atoms with E-state index >= 15 is 0 Å². The van der Waals surface area contributed by atoms with E-state index in [1.807, 2.05) is 6.92 Å². The fourth-order valence-corrected chi connectivity index (χ4v) is 1.49. The first-order chi connectivity index (χ1) is 6.11. The van der Waals surface area contributed by atoms with Crippen molar-refractivity contribution in [2.24, 2.45) is 11.7 Å². The van der Waals surface area contributed by atoms with E-state index < -0.39 is 11.5 Å². The minimum Gasteiger partial charge on any atom is -0.480 e. The van der Waals surface area contributed by atoms with Gasteiger partial charge in [-0.05, 0) is 6.42 Å². The Morgan fingerprint density at radius 3 is 2.50 bits per heavy atom. The Balaban J connectivity index is 0.00000169. The van der Waals surface area contributed by atoms with Gasteiger partial charge in [0.1, 0.15) is 5.54 Å². The number of hydrogen-bond donors (Lipinski definition) is 2. The predicted molar refractivity (Wildman–Crippen MR) is 55.6 cm³/mol. The zero-order chi connectivity index (χ0) is 9.90. The summed E-state index contributed by atoms with van der Waals surface area (Å²) in [5.74, 6) is -0.897. The number of hydrogen-bond acceptors (Lipinski definition) is 3. The Labute approximate surface area is 90.2 Å². The average molecular weight is 224 g/mol. The number of unbranched alkanes of at least 4 members (excludes halogenated alkanes) is 1. The first-order valence-corrected chi connectivity index (χ1v) is 4.71. The van der Waals surface area contributed by atoms with Gasteiger partial charge in [0.25, 0.3) is 0 Å². The third-order valence-electron chi connectivity index (χ3n) is 2.71. The van der Waals surface area contributed by atoms with Gasteiger partial charge in [0.15, 0.2) is 0 Å². The zero-order valence-corrected chi connectivity index (χ0v) is 9.18. The molecule has 1 aliphatic heterocycles. The summed E-state index contributed by atoms with van der Waals surface area (Å²) in [5, 5.41) is 9.01. The maximum atomic E-state index is 11.0. The van der Waals surface area contributed by atoms with Crippen molar-refractivity contribution >= 4 is 18.4 Å². The second kappa shape index (κ2) is 5.53. The summed E-state index contributed by atoms with van der Waals surface area (Å²) in [7, 11) is 0. The number of rotatable bonds is 5. The Hall–Kier alpha value is -0.320. The molecule has 5 heteroatoms. The van der Waals surface area contributed by atoms with Crippen LogP contribution in [0.5, 0.6) is 0 Å². The van der Waals surface area contributed by atoms with Crippen molar-refractivity contribution in [3.63, 3.8) is 0 Å². The lowest BCUT2D eigenvalue weighted by atomic mass is 9.79. The van der Waals surface area contributed by atoms with Crippen LogP contribution >= 0.6 is 12.4 Å². The van der Waals surface area contributed by atoms with E-state index in [9.17, 15) is 4.79 Å². The molecule has 84 valence electrons. The van der Waals surface area contributed by atoms with Crippen LogP contribution in [0.25, 0.3) is 0 Å². The van der Waals surface area contributed by atoms with Crippen molar-refractivity contribution in [1.82, 2.24) is 0 Å². The fraction of sp³-hybridized carbons (Fsp3) is 0.889. The van der Waals surface area contributed by atoms with E-state index in [0.29, 0.717) is 19.6 Å². The monoisotopic (exact) mass is 223 g/mol. The molecule has 4 nitrogen and oxygen atoms in total. The number of nitrogens with two attached hydrogens (primary N) is 1. The Bertz CT molecular complexity index is 196. The van der Waals surface area contributed by atoms with Crippen LogP contribution in [0.15, 0.2) is 0 Å². The van der Waals surface area contributed by atoms with Gasteiger partial charge in [0, 0.05) is 5.92 Å². The molecule has 0 aliphatic carbocycles. The summed E-state index contributed by atoms with van der Waals surface area (Å²) in [6, 6.07) is 0. The lowest BCUT2D eigenvalue weighted by Gasteiger charge is -2.39. The van der Waals surface area contributed by atoms with E-state index in [2.05, 4.69) is 0 Å². The summed E-state index contributed by atoms with van der Waals surface area (Å²) in [4.78, 5) is 11.0. The van der Waals surface area contributed by atoms with Crippen molar-refractivity contribution in [2.45, 2.75) is 31.7 Å². The molecule has 0 bridgehead atoms. The van der Waals surface area contributed by atoms with Crippen LogP contribution in [0, 0.1) is 5.92 Å². The van der Waals surface area contributed by atoms with Crippen LogP contribution < -0.4 is 5.73 Å². The lowest BCUT2D eigenvalue weighted by Crippen LogP contribution is -2.60. The van der Waals surface area contributed by atoms with Gasteiger partial charge < -0.3 is 15.6 Å². The van der Waals surface area contributed by atoms with Crippen LogP contribution in [0.2, 0.25) is 0 Å². The number of carboxylic acid groups (broad SMARTS) is 1. The van der Waals surface area contributed by atoms with Crippen LogP contribution in [0.4, 0.5) is 0 Å². The van der Waals surface area contributed by atoms with Crippen molar-refractivity contribution in [1.29, 1.82) is 0 Å². The summed E-state index contributed by atoms with van der Waals surface area (Å²) < 4.78 is 4.97.